The zero-order valence-corrected chi connectivity index (χ0v) is 12.2. The van der Waals surface area contributed by atoms with Crippen molar-refractivity contribution in [3.8, 4) is 0 Å². The third kappa shape index (κ3) is 2.37. The first kappa shape index (κ1) is 13.7. The zero-order valence-electron chi connectivity index (χ0n) is 11.4. The van der Waals surface area contributed by atoms with Crippen molar-refractivity contribution in [3.63, 3.8) is 0 Å². The standard InChI is InChI=1S/C13H22N2O2S/c1-9-12(17)15(10(2)11(16)14-9)8-13(18-3)6-4-5-7-13/h9-10H,4-8H2,1-3H3,(H,14,16). The Morgan fingerprint density at radius 2 is 1.94 bits per heavy atom. The average Bonchev–Trinajstić information content (AvgIpc) is 2.82. The van der Waals surface area contributed by atoms with Crippen LogP contribution in [0.25, 0.3) is 0 Å². The molecule has 2 aliphatic rings. The molecule has 2 fully saturated rings. The monoisotopic (exact) mass is 270 g/mol. The average molecular weight is 270 g/mol. The van der Waals surface area contributed by atoms with Gasteiger partial charge in [-0.05, 0) is 32.9 Å². The van der Waals surface area contributed by atoms with Crippen molar-refractivity contribution in [3.05, 3.63) is 0 Å². The highest BCUT2D eigenvalue weighted by molar-refractivity contribution is 8.00. The zero-order chi connectivity index (χ0) is 13.3. The Bertz CT molecular complexity index is 353. The molecule has 5 heteroatoms. The maximum Gasteiger partial charge on any atom is 0.245 e. The van der Waals surface area contributed by atoms with Gasteiger partial charge in [0.15, 0.2) is 0 Å². The molecule has 2 rings (SSSR count). The maximum atomic E-state index is 12.2. The Hall–Kier alpha value is -0.710. The molecule has 2 amide bonds. The first-order valence-corrected chi connectivity index (χ1v) is 7.87. The lowest BCUT2D eigenvalue weighted by molar-refractivity contribution is -0.148. The summed E-state index contributed by atoms with van der Waals surface area (Å²) in [6.45, 7) is 4.30. The van der Waals surface area contributed by atoms with Gasteiger partial charge in [0, 0.05) is 11.3 Å². The van der Waals surface area contributed by atoms with E-state index in [4.69, 9.17) is 0 Å². The van der Waals surface area contributed by atoms with E-state index < -0.39 is 0 Å². The van der Waals surface area contributed by atoms with Gasteiger partial charge in [0.2, 0.25) is 11.8 Å². The van der Waals surface area contributed by atoms with Crippen molar-refractivity contribution >= 4 is 23.6 Å². The van der Waals surface area contributed by atoms with Crippen LogP contribution in [0.3, 0.4) is 0 Å². The molecule has 1 aliphatic carbocycles. The lowest BCUT2D eigenvalue weighted by Crippen LogP contribution is -2.63. The van der Waals surface area contributed by atoms with E-state index in [1.54, 1.807) is 11.8 Å². The number of rotatable bonds is 3. The highest BCUT2D eigenvalue weighted by atomic mass is 32.2. The van der Waals surface area contributed by atoms with E-state index in [-0.39, 0.29) is 28.6 Å². The van der Waals surface area contributed by atoms with Crippen LogP contribution < -0.4 is 5.32 Å². The van der Waals surface area contributed by atoms with Crippen LogP contribution in [0.1, 0.15) is 39.5 Å². The summed E-state index contributed by atoms with van der Waals surface area (Å²) < 4.78 is 0.168. The van der Waals surface area contributed by atoms with Crippen LogP contribution in [0, 0.1) is 0 Å². The molecule has 1 saturated heterocycles. The van der Waals surface area contributed by atoms with Crippen LogP contribution in [-0.4, -0.2) is 46.3 Å². The number of nitrogens with zero attached hydrogens (tertiary/aromatic N) is 1. The number of carbonyl (C=O) groups is 2. The second kappa shape index (κ2) is 5.11. The molecule has 0 radical (unpaired) electrons. The second-order valence-electron chi connectivity index (χ2n) is 5.47. The molecular weight excluding hydrogens is 248 g/mol. The minimum Gasteiger partial charge on any atom is -0.343 e. The maximum absolute atomic E-state index is 12.2. The molecule has 2 unspecified atom stereocenters. The number of nitrogens with one attached hydrogen (secondary N) is 1. The van der Waals surface area contributed by atoms with Gasteiger partial charge in [-0.2, -0.15) is 11.8 Å². The van der Waals surface area contributed by atoms with E-state index in [0.29, 0.717) is 6.54 Å². The van der Waals surface area contributed by atoms with Crippen molar-refractivity contribution in [1.29, 1.82) is 0 Å². The molecular formula is C13H22N2O2S. The molecule has 1 N–H and O–H groups in total. The number of amides is 2. The van der Waals surface area contributed by atoms with Crippen LogP contribution in [-0.2, 0) is 9.59 Å². The van der Waals surface area contributed by atoms with Crippen LogP contribution in [0.5, 0.6) is 0 Å². The topological polar surface area (TPSA) is 49.4 Å². The summed E-state index contributed by atoms with van der Waals surface area (Å²) in [6, 6.07) is -0.715. The molecule has 0 bridgehead atoms. The predicted octanol–water partition coefficient (Wildman–Crippen LogP) is 1.40. The molecule has 2 atom stereocenters. The van der Waals surface area contributed by atoms with Crippen molar-refractivity contribution in [1.82, 2.24) is 10.2 Å². The van der Waals surface area contributed by atoms with E-state index >= 15 is 0 Å². The summed E-state index contributed by atoms with van der Waals surface area (Å²) in [6.07, 6.45) is 6.90. The smallest absolute Gasteiger partial charge is 0.245 e. The summed E-state index contributed by atoms with van der Waals surface area (Å²) >= 11 is 1.85. The Morgan fingerprint density at radius 1 is 1.33 bits per heavy atom. The lowest BCUT2D eigenvalue weighted by atomic mass is 10.0. The number of hydrogen-bond acceptors (Lipinski definition) is 3. The number of thioether (sulfide) groups is 1. The molecule has 4 nitrogen and oxygen atoms in total. The summed E-state index contributed by atoms with van der Waals surface area (Å²) in [4.78, 5) is 25.8. The number of carbonyl (C=O) groups excluding carboxylic acids is 2. The summed E-state index contributed by atoms with van der Waals surface area (Å²) in [5, 5.41) is 2.73. The molecule has 1 heterocycles. The van der Waals surface area contributed by atoms with Crippen molar-refractivity contribution in [2.45, 2.75) is 56.4 Å². The van der Waals surface area contributed by atoms with E-state index in [0.717, 1.165) is 12.8 Å². The van der Waals surface area contributed by atoms with Gasteiger partial charge in [-0.15, -0.1) is 0 Å². The van der Waals surface area contributed by atoms with Gasteiger partial charge in [0.1, 0.15) is 12.1 Å². The number of piperazine rings is 1. The first-order chi connectivity index (χ1) is 8.49. The highest BCUT2D eigenvalue weighted by Gasteiger charge is 2.42. The third-order valence-corrected chi connectivity index (χ3v) is 5.67. The van der Waals surface area contributed by atoms with Crippen molar-refractivity contribution in [2.24, 2.45) is 0 Å². The van der Waals surface area contributed by atoms with Gasteiger partial charge in [-0.25, -0.2) is 0 Å². The van der Waals surface area contributed by atoms with Gasteiger partial charge in [-0.1, -0.05) is 12.8 Å². The Balaban J connectivity index is 2.14. The normalized spacial score (nSPS) is 31.6. The molecule has 0 aromatic rings. The van der Waals surface area contributed by atoms with Gasteiger partial charge in [-0.3, -0.25) is 9.59 Å². The molecule has 1 aliphatic heterocycles. The van der Waals surface area contributed by atoms with Crippen LogP contribution in [0.15, 0.2) is 0 Å². The summed E-state index contributed by atoms with van der Waals surface area (Å²) in [7, 11) is 0. The minimum atomic E-state index is -0.381. The molecule has 0 aromatic heterocycles. The van der Waals surface area contributed by atoms with Gasteiger partial charge in [0.05, 0.1) is 0 Å². The molecule has 0 spiro atoms. The minimum absolute atomic E-state index is 0.0312. The van der Waals surface area contributed by atoms with Crippen molar-refractivity contribution in [2.75, 3.05) is 12.8 Å². The quantitative estimate of drug-likeness (QED) is 0.843. The summed E-state index contributed by atoms with van der Waals surface area (Å²) in [5.74, 6) is 0.0266. The van der Waals surface area contributed by atoms with E-state index in [2.05, 4.69) is 11.6 Å². The fourth-order valence-electron chi connectivity index (χ4n) is 2.95. The number of hydrogen-bond donors (Lipinski definition) is 1. The van der Waals surface area contributed by atoms with Crippen LogP contribution in [0.4, 0.5) is 0 Å². The second-order valence-corrected chi connectivity index (χ2v) is 6.74. The van der Waals surface area contributed by atoms with Gasteiger partial charge < -0.3 is 10.2 Å². The molecule has 102 valence electrons. The van der Waals surface area contributed by atoms with E-state index in [1.807, 2.05) is 18.7 Å². The van der Waals surface area contributed by atoms with Crippen molar-refractivity contribution < 1.29 is 9.59 Å². The molecule has 1 saturated carbocycles. The Morgan fingerprint density at radius 3 is 2.50 bits per heavy atom. The fourth-order valence-corrected chi connectivity index (χ4v) is 3.91. The largest absolute Gasteiger partial charge is 0.343 e. The van der Waals surface area contributed by atoms with Crippen LogP contribution >= 0.6 is 11.8 Å². The third-order valence-electron chi connectivity index (χ3n) is 4.27. The SMILES string of the molecule is CSC1(CN2C(=O)C(C)NC(=O)C2C)CCCC1. The Labute approximate surface area is 113 Å². The molecule has 0 aromatic carbocycles. The van der Waals surface area contributed by atoms with Crippen LogP contribution in [0.2, 0.25) is 0 Å². The fraction of sp³-hybridized carbons (Fsp3) is 0.846. The Kier molecular flexibility index (Phi) is 3.90. The predicted molar refractivity (Wildman–Crippen MR) is 73.5 cm³/mol. The van der Waals surface area contributed by atoms with Gasteiger partial charge in [0.25, 0.3) is 0 Å². The lowest BCUT2D eigenvalue weighted by Gasteiger charge is -2.41. The van der Waals surface area contributed by atoms with Gasteiger partial charge >= 0.3 is 0 Å². The highest BCUT2D eigenvalue weighted by Crippen LogP contribution is 2.41. The first-order valence-electron chi connectivity index (χ1n) is 6.65. The van der Waals surface area contributed by atoms with E-state index in [1.165, 1.54) is 12.8 Å². The molecule has 18 heavy (non-hydrogen) atoms. The summed E-state index contributed by atoms with van der Waals surface area (Å²) in [5.41, 5.74) is 0. The van der Waals surface area contributed by atoms with E-state index in [9.17, 15) is 9.59 Å².